The van der Waals surface area contributed by atoms with Crippen LogP contribution in [0, 0.1) is 5.92 Å². The smallest absolute Gasteiger partial charge is 0.338 e. The van der Waals surface area contributed by atoms with Gasteiger partial charge < -0.3 is 4.52 Å². The second-order valence-electron chi connectivity index (χ2n) is 7.57. The molecule has 0 saturated carbocycles. The van der Waals surface area contributed by atoms with Crippen molar-refractivity contribution in [2.75, 3.05) is 11.4 Å². The summed E-state index contributed by atoms with van der Waals surface area (Å²) in [5.41, 5.74) is 5.85. The minimum atomic E-state index is -4.46. The van der Waals surface area contributed by atoms with Crippen molar-refractivity contribution in [3.8, 4) is 11.4 Å². The number of para-hydroxylation sites is 1. The predicted molar refractivity (Wildman–Crippen MR) is 115 cm³/mol. The van der Waals surface area contributed by atoms with E-state index in [1.165, 1.54) is 23.9 Å². The Balaban J connectivity index is 1.33. The number of hydrogen-bond donors (Lipinski definition) is 3. The van der Waals surface area contributed by atoms with Gasteiger partial charge in [0.05, 0.1) is 23.4 Å². The van der Waals surface area contributed by atoms with E-state index in [9.17, 15) is 18.0 Å². The quantitative estimate of drug-likeness (QED) is 0.518. The van der Waals surface area contributed by atoms with Crippen LogP contribution in [0.25, 0.3) is 11.4 Å². The molecule has 2 aliphatic heterocycles. The first kappa shape index (κ1) is 21.9. The van der Waals surface area contributed by atoms with Crippen molar-refractivity contribution in [3.05, 3.63) is 66.1 Å². The lowest BCUT2D eigenvalue weighted by atomic mass is 10.0. The summed E-state index contributed by atoms with van der Waals surface area (Å²) < 4.78 is 44.3. The van der Waals surface area contributed by atoms with Gasteiger partial charge in [0.2, 0.25) is 17.6 Å². The van der Waals surface area contributed by atoms with Crippen LogP contribution in [0.4, 0.5) is 18.9 Å². The fourth-order valence-electron chi connectivity index (χ4n) is 3.80. The lowest BCUT2D eigenvalue weighted by Gasteiger charge is -2.41. The zero-order valence-electron chi connectivity index (χ0n) is 17.0. The van der Waals surface area contributed by atoms with E-state index < -0.39 is 17.2 Å². The number of alkyl halides is 3. The Morgan fingerprint density at radius 2 is 1.97 bits per heavy atom. The van der Waals surface area contributed by atoms with Crippen molar-refractivity contribution in [3.63, 3.8) is 0 Å². The van der Waals surface area contributed by atoms with Gasteiger partial charge in [-0.25, -0.2) is 5.43 Å². The molecule has 5 rings (SSSR count). The number of amides is 1. The fourth-order valence-corrected chi connectivity index (χ4v) is 4.83. The number of nitrogens with one attached hydrogen (secondary N) is 3. The van der Waals surface area contributed by atoms with Crippen LogP contribution < -0.4 is 21.1 Å². The van der Waals surface area contributed by atoms with E-state index in [1.54, 1.807) is 4.90 Å². The number of carbonyl (C=O) groups excluding carboxylic acids is 1. The molecular weight excluding hydrogens is 457 g/mol. The Bertz CT molecular complexity index is 1140. The number of halogens is 3. The molecule has 8 nitrogen and oxygen atoms in total. The molecule has 12 heteroatoms. The van der Waals surface area contributed by atoms with E-state index in [2.05, 4.69) is 26.3 Å². The Kier molecular flexibility index (Phi) is 5.83. The van der Waals surface area contributed by atoms with Crippen LogP contribution in [-0.4, -0.2) is 34.3 Å². The Hall–Kier alpha value is -2.93. The molecule has 33 heavy (non-hydrogen) atoms. The van der Waals surface area contributed by atoms with Crippen LogP contribution in [-0.2, 0) is 16.7 Å². The highest BCUT2D eigenvalue weighted by Gasteiger charge is 2.44. The normalized spacial score (nSPS) is 23.1. The van der Waals surface area contributed by atoms with Gasteiger partial charge in [0.15, 0.2) is 0 Å². The van der Waals surface area contributed by atoms with Crippen LogP contribution in [0.1, 0.15) is 11.5 Å². The molecule has 0 radical (unpaired) electrons. The van der Waals surface area contributed by atoms with Crippen molar-refractivity contribution in [2.24, 2.45) is 5.92 Å². The zero-order chi connectivity index (χ0) is 23.0. The molecule has 3 atom stereocenters. The molecule has 172 valence electrons. The second-order valence-corrected chi connectivity index (χ2v) is 8.64. The molecule has 0 bridgehead atoms. The molecule has 2 saturated heterocycles. The van der Waals surface area contributed by atoms with Gasteiger partial charge in [0, 0.05) is 17.8 Å². The summed E-state index contributed by atoms with van der Waals surface area (Å²) in [6, 6.07) is 14.1. The predicted octanol–water partition coefficient (Wildman–Crippen LogP) is 2.96. The van der Waals surface area contributed by atoms with Gasteiger partial charge in [0.25, 0.3) is 0 Å². The van der Waals surface area contributed by atoms with E-state index in [0.29, 0.717) is 6.54 Å². The highest BCUT2D eigenvalue weighted by atomic mass is 32.2. The standard InChI is InChI=1S/C21H19F3N6O2S/c22-21(23,24)13-6-4-5-12(9-13)17-26-16(32-29-17)11-33-20-27-18-15(10-25-28-18)19(31)30(20)14-7-2-1-3-8-14/h1-9,15,18,20,25,27-28H,10-11H2. The fraction of sp³-hybridized carbons (Fsp3) is 0.286. The summed E-state index contributed by atoms with van der Waals surface area (Å²) in [6.45, 7) is 0.515. The number of nitrogens with zero attached hydrogens (tertiary/aromatic N) is 3. The zero-order valence-corrected chi connectivity index (χ0v) is 17.9. The van der Waals surface area contributed by atoms with Crippen LogP contribution in [0.3, 0.4) is 0 Å². The van der Waals surface area contributed by atoms with Crippen molar-refractivity contribution in [1.29, 1.82) is 0 Å². The van der Waals surface area contributed by atoms with Crippen LogP contribution in [0.15, 0.2) is 59.1 Å². The molecule has 1 aromatic heterocycles. The van der Waals surface area contributed by atoms with Gasteiger partial charge in [0.1, 0.15) is 5.50 Å². The molecule has 1 amide bonds. The average molecular weight is 476 g/mol. The van der Waals surface area contributed by atoms with E-state index in [1.807, 2.05) is 30.3 Å². The number of rotatable bonds is 5. The minimum absolute atomic E-state index is 0.0184. The van der Waals surface area contributed by atoms with Gasteiger partial charge >= 0.3 is 6.18 Å². The lowest BCUT2D eigenvalue weighted by Crippen LogP contribution is -2.64. The van der Waals surface area contributed by atoms with E-state index >= 15 is 0 Å². The van der Waals surface area contributed by atoms with Gasteiger partial charge in [-0.2, -0.15) is 18.2 Å². The number of hydrogen-bond acceptors (Lipinski definition) is 8. The highest BCUT2D eigenvalue weighted by Crippen LogP contribution is 2.33. The Labute approximate surface area is 190 Å². The van der Waals surface area contributed by atoms with Gasteiger partial charge in [-0.05, 0) is 24.3 Å². The molecule has 2 fully saturated rings. The van der Waals surface area contributed by atoms with Gasteiger partial charge in [-0.1, -0.05) is 35.5 Å². The first-order valence-electron chi connectivity index (χ1n) is 10.1. The molecule has 0 spiro atoms. The van der Waals surface area contributed by atoms with E-state index in [-0.39, 0.29) is 41.0 Å². The molecule has 3 heterocycles. The summed E-state index contributed by atoms with van der Waals surface area (Å²) >= 11 is 1.37. The number of benzene rings is 2. The van der Waals surface area contributed by atoms with Crippen molar-refractivity contribution in [1.82, 2.24) is 26.3 Å². The SMILES string of the molecule is O=C1C2CNNC2NC(SCc2nc(-c3cccc(C(F)(F)F)c3)no2)N1c1ccccc1. The number of fused-ring (bicyclic) bond motifs is 1. The molecular formula is C21H19F3N6O2S. The van der Waals surface area contributed by atoms with Gasteiger partial charge in [-0.3, -0.25) is 20.4 Å². The molecule has 2 aromatic carbocycles. The maximum absolute atomic E-state index is 13.2. The third-order valence-electron chi connectivity index (χ3n) is 5.41. The largest absolute Gasteiger partial charge is 0.416 e. The topological polar surface area (TPSA) is 95.3 Å². The maximum Gasteiger partial charge on any atom is 0.416 e. The first-order chi connectivity index (χ1) is 15.9. The first-order valence-corrected chi connectivity index (χ1v) is 11.2. The third-order valence-corrected chi connectivity index (χ3v) is 6.48. The van der Waals surface area contributed by atoms with E-state index in [0.717, 1.165) is 17.8 Å². The summed E-state index contributed by atoms with van der Waals surface area (Å²) in [5, 5.41) is 7.24. The lowest BCUT2D eigenvalue weighted by molar-refractivity contribution is -0.137. The molecule has 3 aromatic rings. The Morgan fingerprint density at radius 1 is 1.15 bits per heavy atom. The number of aromatic nitrogens is 2. The maximum atomic E-state index is 13.2. The van der Waals surface area contributed by atoms with Crippen molar-refractivity contribution >= 4 is 23.4 Å². The summed E-state index contributed by atoms with van der Waals surface area (Å²) in [7, 11) is 0. The number of carbonyl (C=O) groups is 1. The summed E-state index contributed by atoms with van der Waals surface area (Å²) in [5.74, 6) is 0.304. The highest BCUT2D eigenvalue weighted by molar-refractivity contribution is 7.99. The third kappa shape index (κ3) is 4.47. The molecule has 3 N–H and O–H groups in total. The molecule has 3 unspecified atom stereocenters. The monoisotopic (exact) mass is 476 g/mol. The van der Waals surface area contributed by atoms with Crippen LogP contribution in [0.5, 0.6) is 0 Å². The van der Waals surface area contributed by atoms with Crippen LogP contribution in [0.2, 0.25) is 0 Å². The molecule has 0 aliphatic carbocycles. The van der Waals surface area contributed by atoms with Gasteiger partial charge in [-0.15, -0.1) is 11.8 Å². The van der Waals surface area contributed by atoms with Crippen LogP contribution >= 0.6 is 11.8 Å². The number of thioether (sulfide) groups is 1. The molecule has 2 aliphatic rings. The van der Waals surface area contributed by atoms with Crippen molar-refractivity contribution in [2.45, 2.75) is 23.6 Å². The number of anilines is 1. The Morgan fingerprint density at radius 3 is 2.76 bits per heavy atom. The summed E-state index contributed by atoms with van der Waals surface area (Å²) in [4.78, 5) is 19.1. The minimum Gasteiger partial charge on any atom is -0.338 e. The second kappa shape index (κ2) is 8.78. The average Bonchev–Trinajstić information content (AvgIpc) is 3.48. The van der Waals surface area contributed by atoms with Crippen molar-refractivity contribution < 1.29 is 22.5 Å². The number of hydrazine groups is 1. The summed E-state index contributed by atoms with van der Waals surface area (Å²) in [6.07, 6.45) is -4.68. The van der Waals surface area contributed by atoms with E-state index in [4.69, 9.17) is 4.52 Å².